The van der Waals surface area contributed by atoms with Crippen molar-refractivity contribution in [3.05, 3.63) is 107 Å². The maximum absolute atomic E-state index is 12.2. The Bertz CT molecular complexity index is 1280. The van der Waals surface area contributed by atoms with Gasteiger partial charge in [0.1, 0.15) is 10.6 Å². The third-order valence-corrected chi connectivity index (χ3v) is 5.47. The van der Waals surface area contributed by atoms with Crippen LogP contribution in [0.2, 0.25) is 0 Å². The van der Waals surface area contributed by atoms with E-state index in [1.165, 1.54) is 18.2 Å². The number of hydrogen-bond acceptors (Lipinski definition) is 4. The van der Waals surface area contributed by atoms with Crippen LogP contribution in [-0.2, 0) is 22.2 Å². The van der Waals surface area contributed by atoms with E-state index in [4.69, 9.17) is 62.7 Å². The Labute approximate surface area is 248 Å². The lowest BCUT2D eigenvalue weighted by Crippen LogP contribution is -2.04. The standard InChI is InChI=1S/C10H6ClF3O.C9H9ClO2.C8H5Cl3O/c11-9(15)5-4-7-2-1-3-8(6-7)10(12,13)14;1-12-8-4-2-7(3-5-8)6-9(10)11;9-7(10)5-2-1-3-6(4-5)8(11)12/h1-6H;2-5H,6H2,1H3;1-4,7H. The summed E-state index contributed by atoms with van der Waals surface area (Å²) in [5, 5.41) is -1.58. The third kappa shape index (κ3) is 14.4. The molecule has 0 unspecified atom stereocenters. The van der Waals surface area contributed by atoms with Gasteiger partial charge in [0.05, 0.1) is 12.7 Å². The van der Waals surface area contributed by atoms with Gasteiger partial charge < -0.3 is 4.74 Å². The van der Waals surface area contributed by atoms with E-state index in [0.717, 1.165) is 29.5 Å². The van der Waals surface area contributed by atoms with Crippen molar-refractivity contribution in [2.45, 2.75) is 17.4 Å². The number of rotatable bonds is 7. The van der Waals surface area contributed by atoms with Gasteiger partial charge in [-0.3, -0.25) is 14.4 Å². The highest BCUT2D eigenvalue weighted by atomic mass is 35.5. The highest BCUT2D eigenvalue weighted by Crippen LogP contribution is 2.29. The van der Waals surface area contributed by atoms with Crippen molar-refractivity contribution in [3.63, 3.8) is 0 Å². The molecule has 3 aromatic rings. The van der Waals surface area contributed by atoms with Crippen molar-refractivity contribution >= 4 is 79.8 Å². The van der Waals surface area contributed by atoms with Crippen molar-refractivity contribution in [1.29, 1.82) is 0 Å². The van der Waals surface area contributed by atoms with Crippen LogP contribution in [0.25, 0.3) is 6.08 Å². The molecule has 12 heteroatoms. The molecule has 3 rings (SSSR count). The monoisotopic (exact) mass is 640 g/mol. The van der Waals surface area contributed by atoms with E-state index in [1.54, 1.807) is 43.5 Å². The van der Waals surface area contributed by atoms with Crippen LogP contribution in [-0.4, -0.2) is 22.8 Å². The molecule has 0 bridgehead atoms. The molecule has 4 nitrogen and oxygen atoms in total. The normalized spacial score (nSPS) is 10.7. The number of methoxy groups -OCH3 is 1. The smallest absolute Gasteiger partial charge is 0.416 e. The molecule has 0 saturated heterocycles. The fourth-order valence-corrected chi connectivity index (χ4v) is 3.29. The molecular weight excluding hydrogens is 623 g/mol. The molecule has 3 aromatic carbocycles. The van der Waals surface area contributed by atoms with Crippen LogP contribution in [0, 0.1) is 0 Å². The lowest BCUT2D eigenvalue weighted by atomic mass is 10.1. The van der Waals surface area contributed by atoms with E-state index < -0.39 is 27.1 Å². The quantitative estimate of drug-likeness (QED) is 0.147. The number of carbonyl (C=O) groups is 3. The summed E-state index contributed by atoms with van der Waals surface area (Å²) in [4.78, 5) is 30.9. The third-order valence-electron chi connectivity index (χ3n) is 4.49. The SMILES string of the molecule is COc1ccc(CC(=O)Cl)cc1.O=C(Cl)C=Cc1cccc(C(F)(F)F)c1.O=C(Cl)c1cccc(C(Cl)Cl)c1. The Hall–Kier alpha value is -2.55. The number of allylic oxidation sites excluding steroid dienone is 1. The minimum absolute atomic E-state index is 0.269. The topological polar surface area (TPSA) is 60.4 Å². The fourth-order valence-electron chi connectivity index (χ4n) is 2.68. The summed E-state index contributed by atoms with van der Waals surface area (Å²) in [6.07, 6.45) is -1.89. The first-order chi connectivity index (χ1) is 18.2. The molecule has 0 aliphatic rings. The molecule has 0 aromatic heterocycles. The first-order valence-electron chi connectivity index (χ1n) is 10.7. The zero-order valence-corrected chi connectivity index (χ0v) is 23.8. The largest absolute Gasteiger partial charge is 0.497 e. The average Bonchev–Trinajstić information content (AvgIpc) is 2.88. The maximum atomic E-state index is 12.2. The van der Waals surface area contributed by atoms with Gasteiger partial charge in [-0.2, -0.15) is 13.2 Å². The van der Waals surface area contributed by atoms with Crippen molar-refractivity contribution < 1.29 is 32.3 Å². The van der Waals surface area contributed by atoms with Crippen LogP contribution in [0.1, 0.15) is 37.4 Å². The van der Waals surface area contributed by atoms with Crippen LogP contribution < -0.4 is 4.74 Å². The van der Waals surface area contributed by atoms with Gasteiger partial charge in [0.2, 0.25) is 10.5 Å². The summed E-state index contributed by atoms with van der Waals surface area (Å²) in [6.45, 7) is 0. The average molecular weight is 643 g/mol. The molecule has 0 aliphatic carbocycles. The van der Waals surface area contributed by atoms with Gasteiger partial charge in [0.25, 0.3) is 5.24 Å². The number of ether oxygens (including phenoxy) is 1. The van der Waals surface area contributed by atoms with Gasteiger partial charge in [-0.1, -0.05) is 48.5 Å². The predicted octanol–water partition coefficient (Wildman–Crippen LogP) is 9.03. The predicted molar refractivity (Wildman–Crippen MR) is 150 cm³/mol. The fraction of sp³-hybridized carbons (Fsp3) is 0.148. The van der Waals surface area contributed by atoms with E-state index in [0.29, 0.717) is 11.1 Å². The Morgan fingerprint density at radius 2 is 1.51 bits per heavy atom. The summed E-state index contributed by atoms with van der Waals surface area (Å²) in [6, 6.07) is 18.4. The molecule has 0 amide bonds. The molecule has 0 fully saturated rings. The summed E-state index contributed by atoms with van der Waals surface area (Å²) in [5.41, 5.74) is 1.49. The summed E-state index contributed by atoms with van der Waals surface area (Å²) >= 11 is 26.7. The molecule has 0 aliphatic heterocycles. The van der Waals surface area contributed by atoms with E-state index >= 15 is 0 Å². The van der Waals surface area contributed by atoms with Gasteiger partial charge in [-0.05, 0) is 87.9 Å². The number of halogens is 8. The molecule has 0 atom stereocenters. The Balaban J connectivity index is 0.000000295. The highest BCUT2D eigenvalue weighted by molar-refractivity contribution is 6.67. The van der Waals surface area contributed by atoms with E-state index in [-0.39, 0.29) is 17.2 Å². The molecule has 0 heterocycles. The lowest BCUT2D eigenvalue weighted by Gasteiger charge is -2.06. The first kappa shape index (κ1) is 34.5. The molecule has 0 spiro atoms. The highest BCUT2D eigenvalue weighted by Gasteiger charge is 2.30. The zero-order valence-electron chi connectivity index (χ0n) is 20.0. The number of alkyl halides is 5. The summed E-state index contributed by atoms with van der Waals surface area (Å²) in [7, 11) is 1.60. The molecule has 0 N–H and O–H groups in total. The Kier molecular flexibility index (Phi) is 15.2. The Morgan fingerprint density at radius 1 is 0.897 bits per heavy atom. The van der Waals surface area contributed by atoms with Crippen molar-refractivity contribution in [2.24, 2.45) is 0 Å². The van der Waals surface area contributed by atoms with Crippen molar-refractivity contribution in [2.75, 3.05) is 7.11 Å². The van der Waals surface area contributed by atoms with Gasteiger partial charge >= 0.3 is 6.18 Å². The van der Waals surface area contributed by atoms with Gasteiger partial charge in [-0.15, -0.1) is 23.2 Å². The van der Waals surface area contributed by atoms with Crippen molar-refractivity contribution in [3.8, 4) is 5.75 Å². The zero-order chi connectivity index (χ0) is 29.6. The molecular formula is C27H20Cl5F3O4. The van der Waals surface area contributed by atoms with Gasteiger partial charge in [0, 0.05) is 12.0 Å². The number of carbonyl (C=O) groups excluding carboxylic acids is 3. The molecule has 39 heavy (non-hydrogen) atoms. The van der Waals surface area contributed by atoms with Crippen molar-refractivity contribution in [1.82, 2.24) is 0 Å². The minimum atomic E-state index is -4.38. The van der Waals surface area contributed by atoms with Gasteiger partial charge in [0.15, 0.2) is 0 Å². The maximum Gasteiger partial charge on any atom is 0.416 e. The van der Waals surface area contributed by atoms with Crippen LogP contribution in [0.15, 0.2) is 78.9 Å². The van der Waals surface area contributed by atoms with E-state index in [1.807, 2.05) is 12.1 Å². The second-order valence-electron chi connectivity index (χ2n) is 7.34. The summed E-state index contributed by atoms with van der Waals surface area (Å²) in [5.74, 6) is 0.778. The second-order valence-corrected chi connectivity index (χ2v) is 9.57. The lowest BCUT2D eigenvalue weighted by molar-refractivity contribution is -0.137. The van der Waals surface area contributed by atoms with Crippen LogP contribution >= 0.6 is 58.0 Å². The molecule has 0 saturated carbocycles. The van der Waals surface area contributed by atoms with Gasteiger partial charge in [-0.25, -0.2) is 0 Å². The second kappa shape index (κ2) is 17.2. The first-order valence-corrected chi connectivity index (χ1v) is 12.7. The number of hydrogen-bond donors (Lipinski definition) is 0. The minimum Gasteiger partial charge on any atom is -0.497 e. The summed E-state index contributed by atoms with van der Waals surface area (Å²) < 4.78 is 41.7. The number of benzene rings is 3. The van der Waals surface area contributed by atoms with E-state index in [9.17, 15) is 27.6 Å². The van der Waals surface area contributed by atoms with Crippen LogP contribution in [0.3, 0.4) is 0 Å². The van der Waals surface area contributed by atoms with E-state index in [2.05, 4.69) is 0 Å². The van der Waals surface area contributed by atoms with Crippen LogP contribution in [0.5, 0.6) is 5.75 Å². The van der Waals surface area contributed by atoms with Crippen LogP contribution in [0.4, 0.5) is 13.2 Å². The molecule has 0 radical (unpaired) electrons. The Morgan fingerprint density at radius 3 is 2.00 bits per heavy atom. The molecule has 208 valence electrons.